The normalized spacial score (nSPS) is 21.1. The molecular formula is C15H15N5O3. The van der Waals surface area contributed by atoms with E-state index in [1.54, 1.807) is 19.4 Å². The fraction of sp³-hybridized carbons (Fsp3) is 0.333. The number of aromatic nitrogens is 2. The Kier molecular flexibility index (Phi) is 2.58. The molecule has 0 saturated carbocycles. The number of anilines is 1. The Morgan fingerprint density at radius 1 is 1.09 bits per heavy atom. The molecule has 2 aromatic rings. The van der Waals surface area contributed by atoms with E-state index in [0.717, 1.165) is 10.4 Å². The van der Waals surface area contributed by atoms with Gasteiger partial charge in [-0.25, -0.2) is 19.5 Å². The van der Waals surface area contributed by atoms with Crippen LogP contribution >= 0.6 is 0 Å². The van der Waals surface area contributed by atoms with Crippen LogP contribution in [0.5, 0.6) is 0 Å². The standard InChI is InChI=1S/C15H15N5O3/c1-17-7-16-13-9(17)5-4-8-12(13)10(21)6-11-18(2)14(22)19(3)15(23)20(8)11/h4-5,7,11H,6H2,1-3H3/t11-/m1/s1. The summed E-state index contributed by atoms with van der Waals surface area (Å²) in [6, 6.07) is 2.74. The van der Waals surface area contributed by atoms with Crippen LogP contribution in [0, 0.1) is 0 Å². The summed E-state index contributed by atoms with van der Waals surface area (Å²) in [7, 11) is 4.89. The highest BCUT2D eigenvalue weighted by molar-refractivity contribution is 6.18. The minimum absolute atomic E-state index is 0.0739. The number of carbonyl (C=O) groups excluding carboxylic acids is 3. The Labute approximate surface area is 131 Å². The fourth-order valence-electron chi connectivity index (χ4n) is 3.33. The largest absolute Gasteiger partial charge is 0.334 e. The van der Waals surface area contributed by atoms with Gasteiger partial charge in [-0.05, 0) is 12.1 Å². The summed E-state index contributed by atoms with van der Waals surface area (Å²) in [6.07, 6.45) is 1.13. The lowest BCUT2D eigenvalue weighted by Crippen LogP contribution is -2.66. The van der Waals surface area contributed by atoms with Gasteiger partial charge in [0.05, 0.1) is 29.5 Å². The van der Waals surface area contributed by atoms with E-state index < -0.39 is 18.2 Å². The average molecular weight is 313 g/mol. The highest BCUT2D eigenvalue weighted by atomic mass is 16.2. The molecule has 8 nitrogen and oxygen atoms in total. The van der Waals surface area contributed by atoms with E-state index in [1.165, 1.54) is 16.8 Å². The zero-order valence-electron chi connectivity index (χ0n) is 13.0. The third kappa shape index (κ3) is 1.60. The molecule has 8 heteroatoms. The molecule has 1 saturated heterocycles. The van der Waals surface area contributed by atoms with Crippen molar-refractivity contribution in [3.8, 4) is 0 Å². The summed E-state index contributed by atoms with van der Waals surface area (Å²) in [5, 5.41) is 0. The van der Waals surface area contributed by atoms with E-state index in [4.69, 9.17) is 0 Å². The summed E-state index contributed by atoms with van der Waals surface area (Å²) in [6.45, 7) is 0. The second-order valence-electron chi connectivity index (χ2n) is 5.90. The summed E-state index contributed by atoms with van der Waals surface area (Å²) < 4.78 is 1.83. The molecule has 3 heterocycles. The first kappa shape index (κ1) is 13.7. The van der Waals surface area contributed by atoms with Crippen LogP contribution in [-0.4, -0.2) is 57.5 Å². The third-order valence-corrected chi connectivity index (χ3v) is 4.61. The lowest BCUT2D eigenvalue weighted by atomic mass is 9.95. The van der Waals surface area contributed by atoms with E-state index in [0.29, 0.717) is 16.8 Å². The fourth-order valence-corrected chi connectivity index (χ4v) is 3.33. The smallest absolute Gasteiger partial charge is 0.334 e. The van der Waals surface area contributed by atoms with Gasteiger partial charge in [0.2, 0.25) is 0 Å². The SMILES string of the molecule is CN1C(=O)N(C)[C@H]2CC(=O)c3c(ccc4c3ncn4C)N2C1=O. The lowest BCUT2D eigenvalue weighted by Gasteiger charge is -2.46. The number of urea groups is 2. The van der Waals surface area contributed by atoms with Crippen molar-refractivity contribution < 1.29 is 14.4 Å². The van der Waals surface area contributed by atoms with Crippen LogP contribution in [-0.2, 0) is 7.05 Å². The quantitative estimate of drug-likeness (QED) is 0.736. The first-order chi connectivity index (χ1) is 10.9. The van der Waals surface area contributed by atoms with Crippen LogP contribution in [0.3, 0.4) is 0 Å². The third-order valence-electron chi connectivity index (χ3n) is 4.61. The highest BCUT2D eigenvalue weighted by Crippen LogP contribution is 2.38. The zero-order chi connectivity index (χ0) is 16.5. The van der Waals surface area contributed by atoms with Crippen molar-refractivity contribution in [2.24, 2.45) is 7.05 Å². The van der Waals surface area contributed by atoms with Crippen molar-refractivity contribution in [2.45, 2.75) is 12.6 Å². The van der Waals surface area contributed by atoms with Gasteiger partial charge in [-0.1, -0.05) is 0 Å². The Morgan fingerprint density at radius 2 is 1.83 bits per heavy atom. The van der Waals surface area contributed by atoms with Crippen molar-refractivity contribution in [1.29, 1.82) is 0 Å². The van der Waals surface area contributed by atoms with E-state index in [9.17, 15) is 14.4 Å². The minimum atomic E-state index is -0.590. The molecule has 1 atom stereocenters. The molecule has 2 aliphatic heterocycles. The molecule has 1 aromatic heterocycles. The molecule has 0 unspecified atom stereocenters. The number of ketones is 1. The number of aryl methyl sites for hydroxylation is 1. The maximum absolute atomic E-state index is 12.7. The molecule has 0 N–H and O–H groups in total. The molecule has 1 fully saturated rings. The Balaban J connectivity index is 1.98. The maximum Gasteiger partial charge on any atom is 0.334 e. The first-order valence-electron chi connectivity index (χ1n) is 7.22. The summed E-state index contributed by atoms with van der Waals surface area (Å²) in [5.74, 6) is -0.109. The lowest BCUT2D eigenvalue weighted by molar-refractivity contribution is 0.0903. The van der Waals surface area contributed by atoms with Crippen LogP contribution in [0.4, 0.5) is 15.3 Å². The van der Waals surface area contributed by atoms with Crippen molar-refractivity contribution in [1.82, 2.24) is 19.4 Å². The molecule has 2 aliphatic rings. The summed E-state index contributed by atoms with van der Waals surface area (Å²) in [4.78, 5) is 45.7. The molecule has 0 bridgehead atoms. The number of rotatable bonds is 0. The molecule has 1 aromatic carbocycles. The van der Waals surface area contributed by atoms with Gasteiger partial charge in [-0.2, -0.15) is 0 Å². The Bertz CT molecular complexity index is 887. The average Bonchev–Trinajstić information content (AvgIpc) is 2.91. The van der Waals surface area contributed by atoms with Crippen LogP contribution in [0.25, 0.3) is 11.0 Å². The first-order valence-corrected chi connectivity index (χ1v) is 7.22. The number of carbonyl (C=O) groups is 3. The maximum atomic E-state index is 12.7. The van der Waals surface area contributed by atoms with Gasteiger partial charge in [0.15, 0.2) is 5.78 Å². The molecule has 4 rings (SSSR count). The molecule has 0 spiro atoms. The number of imidazole rings is 1. The van der Waals surface area contributed by atoms with Crippen LogP contribution in [0.15, 0.2) is 18.5 Å². The number of benzene rings is 1. The second-order valence-corrected chi connectivity index (χ2v) is 5.90. The van der Waals surface area contributed by atoms with Crippen molar-refractivity contribution in [3.63, 3.8) is 0 Å². The number of Topliss-reactive ketones (excluding diaryl/α,β-unsaturated/α-hetero) is 1. The van der Waals surface area contributed by atoms with Gasteiger partial charge >= 0.3 is 12.1 Å². The number of hydrogen-bond acceptors (Lipinski definition) is 4. The molecule has 4 amide bonds. The van der Waals surface area contributed by atoms with Crippen LogP contribution in [0.2, 0.25) is 0 Å². The predicted octanol–water partition coefficient (Wildman–Crippen LogP) is 1.41. The number of nitrogens with zero attached hydrogens (tertiary/aromatic N) is 5. The summed E-state index contributed by atoms with van der Waals surface area (Å²) in [5.41, 5.74) is 2.37. The summed E-state index contributed by atoms with van der Waals surface area (Å²) >= 11 is 0. The van der Waals surface area contributed by atoms with Gasteiger partial charge in [0, 0.05) is 21.1 Å². The van der Waals surface area contributed by atoms with Crippen molar-refractivity contribution in [3.05, 3.63) is 24.0 Å². The van der Waals surface area contributed by atoms with Crippen molar-refractivity contribution in [2.75, 3.05) is 19.0 Å². The van der Waals surface area contributed by atoms with Gasteiger partial charge in [-0.3, -0.25) is 9.69 Å². The van der Waals surface area contributed by atoms with Crippen LogP contribution in [0.1, 0.15) is 16.8 Å². The highest BCUT2D eigenvalue weighted by Gasteiger charge is 2.46. The van der Waals surface area contributed by atoms with E-state index in [1.807, 2.05) is 17.7 Å². The molecule has 23 heavy (non-hydrogen) atoms. The van der Waals surface area contributed by atoms with Gasteiger partial charge < -0.3 is 9.47 Å². The van der Waals surface area contributed by atoms with Crippen LogP contribution < -0.4 is 4.90 Å². The number of fused-ring (bicyclic) bond motifs is 5. The zero-order valence-corrected chi connectivity index (χ0v) is 13.0. The Morgan fingerprint density at radius 3 is 2.57 bits per heavy atom. The minimum Gasteiger partial charge on any atom is -0.334 e. The number of imide groups is 1. The Hall–Kier alpha value is -2.90. The van der Waals surface area contributed by atoms with Gasteiger partial charge in [-0.15, -0.1) is 0 Å². The predicted molar refractivity (Wildman–Crippen MR) is 82.2 cm³/mol. The van der Waals surface area contributed by atoms with E-state index in [2.05, 4.69) is 4.98 Å². The number of amides is 4. The topological polar surface area (TPSA) is 78.8 Å². The van der Waals surface area contributed by atoms with Gasteiger partial charge in [0.1, 0.15) is 11.7 Å². The van der Waals surface area contributed by atoms with Crippen molar-refractivity contribution >= 4 is 34.6 Å². The second kappa shape index (κ2) is 4.31. The molecule has 0 radical (unpaired) electrons. The molecule has 118 valence electrons. The molecular weight excluding hydrogens is 298 g/mol. The van der Waals surface area contributed by atoms with E-state index >= 15 is 0 Å². The number of hydrogen-bond donors (Lipinski definition) is 0. The van der Waals surface area contributed by atoms with Gasteiger partial charge in [0.25, 0.3) is 0 Å². The molecule has 0 aliphatic carbocycles. The van der Waals surface area contributed by atoms with E-state index in [-0.39, 0.29) is 12.2 Å². The monoisotopic (exact) mass is 313 g/mol.